The molecule has 0 radical (unpaired) electrons. The molecule has 0 bridgehead atoms. The first-order chi connectivity index (χ1) is 7.78. The number of ether oxygens (including phenoxy) is 1. The van der Waals surface area contributed by atoms with E-state index in [0.29, 0.717) is 11.8 Å². The van der Waals surface area contributed by atoms with E-state index in [2.05, 4.69) is 10.2 Å². The fraction of sp³-hybridized carbons (Fsp3) is 0.273. The van der Waals surface area contributed by atoms with Gasteiger partial charge in [0.2, 0.25) is 5.89 Å². The van der Waals surface area contributed by atoms with Gasteiger partial charge in [-0.3, -0.25) is 0 Å². The van der Waals surface area contributed by atoms with Gasteiger partial charge in [0, 0.05) is 0 Å². The predicted octanol–water partition coefficient (Wildman–Crippen LogP) is 1.42. The molecule has 5 nitrogen and oxygen atoms in total. The van der Waals surface area contributed by atoms with Crippen LogP contribution in [0.2, 0.25) is 0 Å². The summed E-state index contributed by atoms with van der Waals surface area (Å²) in [7, 11) is 0. The van der Waals surface area contributed by atoms with Crippen molar-refractivity contribution in [2.75, 3.05) is 0 Å². The van der Waals surface area contributed by atoms with Crippen LogP contribution in [0.1, 0.15) is 17.3 Å². The van der Waals surface area contributed by atoms with Gasteiger partial charge >= 0.3 is 0 Å². The molecule has 84 valence electrons. The largest absolute Gasteiger partial charge is 0.484 e. The molecule has 1 aromatic heterocycles. The van der Waals surface area contributed by atoms with E-state index in [4.69, 9.17) is 14.9 Å². The lowest BCUT2D eigenvalue weighted by atomic mass is 10.2. The van der Waals surface area contributed by atoms with E-state index in [-0.39, 0.29) is 13.2 Å². The highest BCUT2D eigenvalue weighted by atomic mass is 16.5. The SMILES string of the molecule is Cc1cccc(OCc2nnc(CN)o2)c1. The summed E-state index contributed by atoms with van der Waals surface area (Å²) in [4.78, 5) is 0. The van der Waals surface area contributed by atoms with Crippen molar-refractivity contribution in [1.82, 2.24) is 10.2 Å². The number of hydrogen-bond donors (Lipinski definition) is 1. The zero-order valence-corrected chi connectivity index (χ0v) is 9.01. The van der Waals surface area contributed by atoms with Crippen molar-refractivity contribution in [3.63, 3.8) is 0 Å². The van der Waals surface area contributed by atoms with Crippen LogP contribution in [0.3, 0.4) is 0 Å². The van der Waals surface area contributed by atoms with Gasteiger partial charge in [-0.05, 0) is 24.6 Å². The van der Waals surface area contributed by atoms with Crippen molar-refractivity contribution < 1.29 is 9.15 Å². The molecule has 0 aliphatic rings. The molecule has 0 fully saturated rings. The number of hydrogen-bond acceptors (Lipinski definition) is 5. The molecule has 0 aliphatic heterocycles. The van der Waals surface area contributed by atoms with E-state index >= 15 is 0 Å². The molecule has 5 heteroatoms. The highest BCUT2D eigenvalue weighted by Crippen LogP contribution is 2.14. The Morgan fingerprint density at radius 2 is 2.12 bits per heavy atom. The van der Waals surface area contributed by atoms with Crippen molar-refractivity contribution in [3.05, 3.63) is 41.6 Å². The highest BCUT2D eigenvalue weighted by molar-refractivity contribution is 5.27. The third kappa shape index (κ3) is 2.58. The van der Waals surface area contributed by atoms with E-state index in [1.165, 1.54) is 0 Å². The first kappa shape index (κ1) is 10.6. The Morgan fingerprint density at radius 3 is 2.81 bits per heavy atom. The van der Waals surface area contributed by atoms with Gasteiger partial charge in [0.1, 0.15) is 5.75 Å². The summed E-state index contributed by atoms with van der Waals surface area (Å²) in [6.45, 7) is 2.51. The number of rotatable bonds is 4. The second-order valence-corrected chi connectivity index (χ2v) is 3.40. The minimum Gasteiger partial charge on any atom is -0.484 e. The van der Waals surface area contributed by atoms with Crippen molar-refractivity contribution >= 4 is 0 Å². The minimum absolute atomic E-state index is 0.247. The molecular formula is C11H13N3O2. The summed E-state index contributed by atoms with van der Waals surface area (Å²) >= 11 is 0. The Hall–Kier alpha value is -1.88. The van der Waals surface area contributed by atoms with Gasteiger partial charge in [-0.1, -0.05) is 12.1 Å². The summed E-state index contributed by atoms with van der Waals surface area (Å²) in [5, 5.41) is 7.55. The smallest absolute Gasteiger partial charge is 0.253 e. The Balaban J connectivity index is 1.96. The Morgan fingerprint density at radius 1 is 1.31 bits per heavy atom. The second kappa shape index (κ2) is 4.76. The molecule has 2 rings (SSSR count). The average molecular weight is 219 g/mol. The lowest BCUT2D eigenvalue weighted by Gasteiger charge is -2.03. The van der Waals surface area contributed by atoms with Gasteiger partial charge in [0.05, 0.1) is 6.54 Å². The normalized spacial score (nSPS) is 10.4. The maximum atomic E-state index is 5.49. The molecule has 2 N–H and O–H groups in total. The predicted molar refractivity (Wildman–Crippen MR) is 57.7 cm³/mol. The lowest BCUT2D eigenvalue weighted by Crippen LogP contribution is -1.96. The standard InChI is InChI=1S/C11H13N3O2/c1-8-3-2-4-9(5-8)15-7-11-14-13-10(6-12)16-11/h2-5H,6-7,12H2,1H3. The zero-order valence-electron chi connectivity index (χ0n) is 9.01. The fourth-order valence-electron chi connectivity index (χ4n) is 1.28. The maximum absolute atomic E-state index is 5.49. The molecule has 0 spiro atoms. The molecule has 0 amide bonds. The number of benzene rings is 1. The van der Waals surface area contributed by atoms with Crippen LogP contribution in [-0.4, -0.2) is 10.2 Å². The number of aromatic nitrogens is 2. The molecule has 0 atom stereocenters. The average Bonchev–Trinajstić information content (AvgIpc) is 2.74. The van der Waals surface area contributed by atoms with Crippen molar-refractivity contribution in [2.45, 2.75) is 20.1 Å². The summed E-state index contributed by atoms with van der Waals surface area (Å²) in [6.07, 6.45) is 0. The van der Waals surface area contributed by atoms with E-state index in [1.807, 2.05) is 31.2 Å². The molecule has 1 aromatic carbocycles. The highest BCUT2D eigenvalue weighted by Gasteiger charge is 2.04. The van der Waals surface area contributed by atoms with Crippen LogP contribution in [0.25, 0.3) is 0 Å². The van der Waals surface area contributed by atoms with Gasteiger partial charge in [0.25, 0.3) is 5.89 Å². The summed E-state index contributed by atoms with van der Waals surface area (Å²) < 4.78 is 10.7. The van der Waals surface area contributed by atoms with Crippen LogP contribution in [0.5, 0.6) is 5.75 Å². The van der Waals surface area contributed by atoms with Crippen molar-refractivity contribution in [3.8, 4) is 5.75 Å². The van der Waals surface area contributed by atoms with E-state index in [0.717, 1.165) is 11.3 Å². The van der Waals surface area contributed by atoms with Crippen LogP contribution in [0.4, 0.5) is 0 Å². The zero-order chi connectivity index (χ0) is 11.4. The summed E-state index contributed by atoms with van der Waals surface area (Å²) in [6, 6.07) is 7.77. The third-order valence-corrected chi connectivity index (χ3v) is 2.04. The Labute approximate surface area is 93.2 Å². The molecule has 0 saturated carbocycles. The molecule has 0 unspecified atom stereocenters. The molecular weight excluding hydrogens is 206 g/mol. The molecule has 0 aliphatic carbocycles. The van der Waals surface area contributed by atoms with E-state index in [9.17, 15) is 0 Å². The number of nitrogens with two attached hydrogens (primary N) is 1. The van der Waals surface area contributed by atoms with E-state index < -0.39 is 0 Å². The minimum atomic E-state index is 0.247. The van der Waals surface area contributed by atoms with Crippen LogP contribution in [0, 0.1) is 6.92 Å². The third-order valence-electron chi connectivity index (χ3n) is 2.04. The fourth-order valence-corrected chi connectivity index (χ4v) is 1.28. The van der Waals surface area contributed by atoms with Crippen LogP contribution >= 0.6 is 0 Å². The molecule has 2 aromatic rings. The monoisotopic (exact) mass is 219 g/mol. The van der Waals surface area contributed by atoms with Crippen LogP contribution < -0.4 is 10.5 Å². The van der Waals surface area contributed by atoms with Gasteiger partial charge in [-0.25, -0.2) is 0 Å². The quantitative estimate of drug-likeness (QED) is 0.841. The number of nitrogens with zero attached hydrogens (tertiary/aromatic N) is 2. The van der Waals surface area contributed by atoms with Crippen molar-refractivity contribution in [1.29, 1.82) is 0 Å². The van der Waals surface area contributed by atoms with Gasteiger partial charge < -0.3 is 14.9 Å². The number of aryl methyl sites for hydroxylation is 1. The Kier molecular flexibility index (Phi) is 3.16. The van der Waals surface area contributed by atoms with Gasteiger partial charge in [-0.15, -0.1) is 10.2 Å². The van der Waals surface area contributed by atoms with Crippen LogP contribution in [0.15, 0.2) is 28.7 Å². The summed E-state index contributed by atoms with van der Waals surface area (Å²) in [5.41, 5.74) is 6.50. The van der Waals surface area contributed by atoms with Gasteiger partial charge in [0.15, 0.2) is 6.61 Å². The molecule has 0 saturated heterocycles. The van der Waals surface area contributed by atoms with E-state index in [1.54, 1.807) is 0 Å². The molecule has 16 heavy (non-hydrogen) atoms. The lowest BCUT2D eigenvalue weighted by molar-refractivity contribution is 0.259. The first-order valence-electron chi connectivity index (χ1n) is 4.98. The Bertz CT molecular complexity index is 468. The summed E-state index contributed by atoms with van der Waals surface area (Å²) in [5.74, 6) is 1.64. The topological polar surface area (TPSA) is 74.2 Å². The molecule has 1 heterocycles. The van der Waals surface area contributed by atoms with Crippen LogP contribution in [-0.2, 0) is 13.2 Å². The maximum Gasteiger partial charge on any atom is 0.253 e. The second-order valence-electron chi connectivity index (χ2n) is 3.40. The van der Waals surface area contributed by atoms with Gasteiger partial charge in [-0.2, -0.15) is 0 Å². The van der Waals surface area contributed by atoms with Crippen molar-refractivity contribution in [2.24, 2.45) is 5.73 Å². The first-order valence-corrected chi connectivity index (χ1v) is 4.98.